The number of phenols is 1. The van der Waals surface area contributed by atoms with Crippen LogP contribution in [0.5, 0.6) is 11.8 Å². The number of nitrogens with zero attached hydrogens (tertiary/aromatic N) is 5. The van der Waals surface area contributed by atoms with E-state index in [9.17, 15) is 14.6 Å². The van der Waals surface area contributed by atoms with E-state index in [2.05, 4.69) is 19.8 Å². The number of anilines is 1. The van der Waals surface area contributed by atoms with Crippen molar-refractivity contribution in [2.45, 2.75) is 56.8 Å². The number of aryl methyl sites for hydroxylation is 1. The van der Waals surface area contributed by atoms with Gasteiger partial charge in [-0.3, -0.25) is 9.88 Å². The van der Waals surface area contributed by atoms with Gasteiger partial charge in [0.05, 0.1) is 17.0 Å². The fourth-order valence-electron chi connectivity index (χ4n) is 8.27. The average Bonchev–Trinajstić information content (AvgIpc) is 3.62. The van der Waals surface area contributed by atoms with E-state index in [1.165, 1.54) is 0 Å². The number of hydrogen-bond acceptors (Lipinski definition) is 8. The van der Waals surface area contributed by atoms with Crippen molar-refractivity contribution in [3.63, 3.8) is 0 Å². The quantitative estimate of drug-likeness (QED) is 0.331. The molecular weight excluding hydrogens is 552 g/mol. The number of alkyl halides is 1. The van der Waals surface area contributed by atoms with Crippen LogP contribution in [0.3, 0.4) is 0 Å². The van der Waals surface area contributed by atoms with Crippen LogP contribution in [0.1, 0.15) is 37.7 Å². The Morgan fingerprint density at radius 3 is 2.77 bits per heavy atom. The van der Waals surface area contributed by atoms with Gasteiger partial charge in [0.1, 0.15) is 35.6 Å². The summed E-state index contributed by atoms with van der Waals surface area (Å²) < 4.78 is 37.3. The third-order valence-corrected chi connectivity index (χ3v) is 10.4. The lowest BCUT2D eigenvalue weighted by Crippen LogP contribution is -2.43. The van der Waals surface area contributed by atoms with Gasteiger partial charge in [-0.1, -0.05) is 24.3 Å². The predicted molar refractivity (Wildman–Crippen MR) is 160 cm³/mol. The van der Waals surface area contributed by atoms with E-state index in [0.29, 0.717) is 54.3 Å². The van der Waals surface area contributed by atoms with Crippen LogP contribution in [0.25, 0.3) is 32.9 Å². The number of pyridine rings is 1. The highest BCUT2D eigenvalue weighted by molar-refractivity contribution is 6.01. The average molecular weight is 588 g/mol. The van der Waals surface area contributed by atoms with Crippen LogP contribution in [-0.2, 0) is 0 Å². The minimum absolute atomic E-state index is 0.0529. The second-order valence-electron chi connectivity index (χ2n) is 13.1. The third-order valence-electron chi connectivity index (χ3n) is 10.4. The zero-order valence-electron chi connectivity index (χ0n) is 24.1. The van der Waals surface area contributed by atoms with Crippen molar-refractivity contribution in [2.24, 2.45) is 11.8 Å². The first-order chi connectivity index (χ1) is 20.8. The molecule has 1 saturated carbocycles. The van der Waals surface area contributed by atoms with E-state index in [1.807, 2.05) is 31.2 Å². The van der Waals surface area contributed by atoms with E-state index in [0.717, 1.165) is 43.0 Å². The third kappa shape index (κ3) is 4.32. The minimum Gasteiger partial charge on any atom is -0.508 e. The number of fused-ring (bicyclic) bond motifs is 5. The Labute approximate surface area is 248 Å². The van der Waals surface area contributed by atoms with Crippen LogP contribution in [0.15, 0.2) is 36.5 Å². The Morgan fingerprint density at radius 2 is 1.93 bits per heavy atom. The molecule has 10 heteroatoms. The summed E-state index contributed by atoms with van der Waals surface area (Å²) in [5.74, 6) is 0.428. The predicted octanol–water partition coefficient (Wildman–Crippen LogP) is 5.16. The van der Waals surface area contributed by atoms with Crippen molar-refractivity contribution >= 4 is 27.5 Å². The SMILES string of the molecule is Cc1c(O)cc(-c2ncc3c(N4C[C@@H]5C[C@H](C4)[C@H](O)C5)nc(OC[C@@]45CCCN4C[C@H](F)C5)nc3c2F)c2ccccc12. The first-order valence-electron chi connectivity index (χ1n) is 15.3. The molecule has 2 N–H and O–H groups in total. The van der Waals surface area contributed by atoms with E-state index < -0.39 is 17.5 Å². The van der Waals surface area contributed by atoms with Gasteiger partial charge >= 0.3 is 6.01 Å². The summed E-state index contributed by atoms with van der Waals surface area (Å²) in [6, 6.07) is 9.16. The normalized spacial score (nSPS) is 28.7. The topological polar surface area (TPSA) is 94.8 Å². The summed E-state index contributed by atoms with van der Waals surface area (Å²) >= 11 is 0. The molecule has 5 atom stereocenters. The second kappa shape index (κ2) is 9.95. The highest BCUT2D eigenvalue weighted by Gasteiger charge is 2.49. The van der Waals surface area contributed by atoms with Gasteiger partial charge in [-0.15, -0.1) is 0 Å². The summed E-state index contributed by atoms with van der Waals surface area (Å²) in [4.78, 5) is 18.3. The molecule has 2 bridgehead atoms. The number of benzene rings is 2. The van der Waals surface area contributed by atoms with Gasteiger partial charge in [0.25, 0.3) is 0 Å². The molecule has 3 aliphatic heterocycles. The standard InChI is InChI=1S/C33H35F2N5O3/c1-18-22-5-2-3-6-23(22)24(11-26(18)41)29-28(35)30-25(13-36-29)31(39-14-19-9-20(15-39)27(42)10-19)38-32(37-30)43-17-33-7-4-8-40(33)16-21(34)12-33/h2-3,5-6,11,13,19-21,27,41-42H,4,7-10,12,14-17H2,1H3/t19-,20-,21-,27-,33+/m1/s1. The molecule has 8 rings (SSSR count). The highest BCUT2D eigenvalue weighted by atomic mass is 19.1. The fraction of sp³-hybridized carbons (Fsp3) is 0.485. The molecule has 5 heterocycles. The summed E-state index contributed by atoms with van der Waals surface area (Å²) in [5.41, 5.74) is 0.960. The van der Waals surface area contributed by atoms with E-state index >= 15 is 4.39 Å². The lowest BCUT2D eigenvalue weighted by atomic mass is 9.95. The number of piperidine rings is 1. The molecule has 43 heavy (non-hydrogen) atoms. The number of ether oxygens (including phenoxy) is 1. The van der Waals surface area contributed by atoms with Crippen LogP contribution < -0.4 is 9.64 Å². The zero-order valence-corrected chi connectivity index (χ0v) is 24.1. The van der Waals surface area contributed by atoms with Gasteiger partial charge < -0.3 is 19.8 Å². The Balaban J connectivity index is 1.25. The first-order valence-corrected chi connectivity index (χ1v) is 15.3. The second-order valence-corrected chi connectivity index (χ2v) is 13.1. The fourth-order valence-corrected chi connectivity index (χ4v) is 8.27. The molecule has 0 unspecified atom stereocenters. The Hall–Kier alpha value is -3.63. The van der Waals surface area contributed by atoms with Crippen LogP contribution in [-0.4, -0.2) is 80.7 Å². The van der Waals surface area contributed by atoms with Gasteiger partial charge in [-0.05, 0) is 67.5 Å². The number of rotatable bonds is 5. The lowest BCUT2D eigenvalue weighted by molar-refractivity contribution is 0.107. The lowest BCUT2D eigenvalue weighted by Gasteiger charge is -2.34. The Kier molecular flexibility index (Phi) is 6.24. The van der Waals surface area contributed by atoms with Gasteiger partial charge in [0.2, 0.25) is 0 Å². The number of aromatic nitrogens is 3. The van der Waals surface area contributed by atoms with E-state index in [-0.39, 0.29) is 41.6 Å². The molecule has 0 spiro atoms. The van der Waals surface area contributed by atoms with E-state index in [1.54, 1.807) is 12.3 Å². The molecular formula is C33H35F2N5O3. The molecule has 4 aliphatic rings. The summed E-state index contributed by atoms with van der Waals surface area (Å²) in [5, 5.41) is 23.3. The van der Waals surface area contributed by atoms with Crippen molar-refractivity contribution < 1.29 is 23.7 Å². The maximum atomic E-state index is 16.7. The summed E-state index contributed by atoms with van der Waals surface area (Å²) in [7, 11) is 0. The molecule has 0 radical (unpaired) electrons. The number of hydrogen-bond donors (Lipinski definition) is 2. The molecule has 0 amide bonds. The van der Waals surface area contributed by atoms with Crippen molar-refractivity contribution in [2.75, 3.05) is 37.7 Å². The minimum atomic E-state index is -0.890. The molecule has 224 valence electrons. The zero-order chi connectivity index (χ0) is 29.5. The molecule has 3 saturated heterocycles. The molecule has 2 aromatic carbocycles. The molecule has 4 aromatic rings. The van der Waals surface area contributed by atoms with Gasteiger partial charge in [0, 0.05) is 43.7 Å². The van der Waals surface area contributed by atoms with Crippen LogP contribution in [0.4, 0.5) is 14.6 Å². The Bertz CT molecular complexity index is 1750. The van der Waals surface area contributed by atoms with Gasteiger partial charge in [0.15, 0.2) is 5.82 Å². The van der Waals surface area contributed by atoms with Crippen molar-refractivity contribution in [3.8, 4) is 23.0 Å². The molecule has 8 nitrogen and oxygen atoms in total. The smallest absolute Gasteiger partial charge is 0.319 e. The number of phenolic OH excluding ortho intramolecular Hbond substituents is 1. The monoisotopic (exact) mass is 587 g/mol. The first kappa shape index (κ1) is 27.0. The van der Waals surface area contributed by atoms with Crippen LogP contribution >= 0.6 is 0 Å². The van der Waals surface area contributed by atoms with Gasteiger partial charge in [-0.25, -0.2) is 8.78 Å². The number of aliphatic hydroxyl groups excluding tert-OH is 1. The number of halogens is 2. The molecule has 1 aliphatic carbocycles. The maximum Gasteiger partial charge on any atom is 0.319 e. The maximum absolute atomic E-state index is 16.7. The van der Waals surface area contributed by atoms with Crippen LogP contribution in [0.2, 0.25) is 0 Å². The number of aliphatic hydroxyl groups is 1. The van der Waals surface area contributed by atoms with Crippen LogP contribution in [0, 0.1) is 24.6 Å². The molecule has 4 fully saturated rings. The molecule has 2 aromatic heterocycles. The van der Waals surface area contributed by atoms with E-state index in [4.69, 9.17) is 9.72 Å². The number of aromatic hydroxyl groups is 1. The van der Waals surface area contributed by atoms with Crippen molar-refractivity contribution in [1.82, 2.24) is 19.9 Å². The largest absolute Gasteiger partial charge is 0.508 e. The summed E-state index contributed by atoms with van der Waals surface area (Å²) in [6.45, 7) is 4.61. The highest BCUT2D eigenvalue weighted by Crippen LogP contribution is 2.43. The summed E-state index contributed by atoms with van der Waals surface area (Å²) in [6.07, 6.45) is 4.31. The van der Waals surface area contributed by atoms with Crippen molar-refractivity contribution in [1.29, 1.82) is 0 Å². The van der Waals surface area contributed by atoms with Crippen molar-refractivity contribution in [3.05, 3.63) is 47.9 Å². The van der Waals surface area contributed by atoms with Gasteiger partial charge in [-0.2, -0.15) is 9.97 Å². The Morgan fingerprint density at radius 1 is 1.09 bits per heavy atom.